The van der Waals surface area contributed by atoms with E-state index < -0.39 is 17.7 Å². The fourth-order valence-electron chi connectivity index (χ4n) is 4.67. The van der Waals surface area contributed by atoms with Gasteiger partial charge < -0.3 is 9.84 Å². The lowest BCUT2D eigenvalue weighted by molar-refractivity contribution is -0.132. The van der Waals surface area contributed by atoms with Crippen LogP contribution in [0.2, 0.25) is 0 Å². The van der Waals surface area contributed by atoms with Gasteiger partial charge in [-0.1, -0.05) is 73.7 Å². The number of carbonyl (C=O) groups excluding carboxylic acids is 2. The number of aliphatic hydroxyl groups is 1. The largest absolute Gasteiger partial charge is 0.507 e. The number of aryl methyl sites for hydroxylation is 1. The molecule has 1 aliphatic heterocycles. The van der Waals surface area contributed by atoms with Crippen LogP contribution >= 0.6 is 0 Å². The summed E-state index contributed by atoms with van der Waals surface area (Å²) in [5.74, 6) is -0.909. The molecule has 1 saturated heterocycles. The van der Waals surface area contributed by atoms with Crippen LogP contribution in [0.15, 0.2) is 96.6 Å². The van der Waals surface area contributed by atoms with Gasteiger partial charge in [0.25, 0.3) is 11.7 Å². The number of hydrogen-bond donors (Lipinski definition) is 1. The highest BCUT2D eigenvalue weighted by atomic mass is 16.5. The fourth-order valence-corrected chi connectivity index (χ4v) is 4.67. The summed E-state index contributed by atoms with van der Waals surface area (Å²) >= 11 is 0. The number of aliphatic hydroxyl groups excluding tert-OH is 1. The molecule has 0 aliphatic carbocycles. The zero-order valence-electron chi connectivity index (χ0n) is 19.6. The molecule has 1 unspecified atom stereocenters. The van der Waals surface area contributed by atoms with E-state index >= 15 is 0 Å². The van der Waals surface area contributed by atoms with E-state index in [1.807, 2.05) is 72.8 Å². The molecule has 1 N–H and O–H groups in total. The molecule has 1 heterocycles. The molecule has 0 saturated carbocycles. The Morgan fingerprint density at radius 2 is 1.57 bits per heavy atom. The Hall–Kier alpha value is -4.38. The molecule has 0 spiro atoms. The molecule has 1 aliphatic rings. The van der Waals surface area contributed by atoms with Gasteiger partial charge in [-0.2, -0.15) is 0 Å². The van der Waals surface area contributed by atoms with Crippen molar-refractivity contribution in [2.75, 3.05) is 12.0 Å². The monoisotopic (exact) mass is 463 g/mol. The van der Waals surface area contributed by atoms with Crippen molar-refractivity contribution in [3.63, 3.8) is 0 Å². The van der Waals surface area contributed by atoms with Crippen LogP contribution in [0.3, 0.4) is 0 Å². The number of amides is 1. The Balaban J connectivity index is 1.74. The molecule has 5 heteroatoms. The van der Waals surface area contributed by atoms with E-state index in [9.17, 15) is 14.7 Å². The lowest BCUT2D eigenvalue weighted by Gasteiger charge is -2.26. The van der Waals surface area contributed by atoms with E-state index in [4.69, 9.17) is 4.74 Å². The third kappa shape index (κ3) is 3.85. The maximum atomic E-state index is 13.4. The number of Topliss-reactive ketones (excluding diaryl/α,β-unsaturated/α-hetero) is 1. The predicted molar refractivity (Wildman–Crippen MR) is 138 cm³/mol. The number of ether oxygens (including phenoxy) is 1. The van der Waals surface area contributed by atoms with Gasteiger partial charge >= 0.3 is 0 Å². The summed E-state index contributed by atoms with van der Waals surface area (Å²) < 4.78 is 5.29. The summed E-state index contributed by atoms with van der Waals surface area (Å²) in [4.78, 5) is 28.3. The minimum atomic E-state index is -0.785. The van der Waals surface area contributed by atoms with E-state index in [2.05, 4.69) is 6.92 Å². The van der Waals surface area contributed by atoms with Gasteiger partial charge in [-0.15, -0.1) is 0 Å². The third-order valence-corrected chi connectivity index (χ3v) is 6.54. The summed E-state index contributed by atoms with van der Waals surface area (Å²) in [5, 5.41) is 13.3. The molecule has 4 aromatic rings. The van der Waals surface area contributed by atoms with Crippen LogP contribution in [-0.2, 0) is 16.0 Å². The summed E-state index contributed by atoms with van der Waals surface area (Å²) in [7, 11) is 1.58. The number of ketones is 1. The average Bonchev–Trinajstić information content (AvgIpc) is 3.18. The summed E-state index contributed by atoms with van der Waals surface area (Å²) in [6.07, 6.45) is 0.863. The van der Waals surface area contributed by atoms with E-state index in [0.29, 0.717) is 22.6 Å². The highest BCUT2D eigenvalue weighted by molar-refractivity contribution is 6.51. The van der Waals surface area contributed by atoms with Gasteiger partial charge in [0.05, 0.1) is 18.7 Å². The normalized spacial score (nSPS) is 17.2. The summed E-state index contributed by atoms with van der Waals surface area (Å²) in [5.41, 5.74) is 3.01. The van der Waals surface area contributed by atoms with Crippen LogP contribution in [0.25, 0.3) is 16.5 Å². The fraction of sp³-hybridized carbons (Fsp3) is 0.133. The summed E-state index contributed by atoms with van der Waals surface area (Å²) in [6, 6.07) is 27.2. The molecule has 1 atom stereocenters. The first-order valence-electron chi connectivity index (χ1n) is 11.6. The highest BCUT2D eigenvalue weighted by Gasteiger charge is 2.47. The number of methoxy groups -OCH3 is 1. The molecule has 0 bridgehead atoms. The van der Waals surface area contributed by atoms with Crippen molar-refractivity contribution in [3.05, 3.63) is 113 Å². The van der Waals surface area contributed by atoms with E-state index in [-0.39, 0.29) is 11.3 Å². The van der Waals surface area contributed by atoms with Crippen LogP contribution in [0, 0.1) is 0 Å². The molecule has 5 rings (SSSR count). The van der Waals surface area contributed by atoms with Crippen LogP contribution in [0.4, 0.5) is 5.69 Å². The molecular formula is C30H25NO4. The number of rotatable bonds is 5. The second-order valence-corrected chi connectivity index (χ2v) is 8.49. The SMILES string of the molecule is CCc1ccc(N2C(=O)C(=O)/C(=C(\O)c3cccc4ccccc34)C2c2ccc(OC)cc2)cc1. The van der Waals surface area contributed by atoms with Crippen molar-refractivity contribution in [1.29, 1.82) is 0 Å². The predicted octanol–water partition coefficient (Wildman–Crippen LogP) is 6.04. The lowest BCUT2D eigenvalue weighted by atomic mass is 9.93. The Morgan fingerprint density at radius 1 is 0.886 bits per heavy atom. The van der Waals surface area contributed by atoms with E-state index in [0.717, 1.165) is 22.8 Å². The van der Waals surface area contributed by atoms with Crippen molar-refractivity contribution in [2.45, 2.75) is 19.4 Å². The first-order valence-corrected chi connectivity index (χ1v) is 11.6. The van der Waals surface area contributed by atoms with Crippen molar-refractivity contribution in [3.8, 4) is 5.75 Å². The topological polar surface area (TPSA) is 66.8 Å². The lowest BCUT2D eigenvalue weighted by Crippen LogP contribution is -2.29. The maximum absolute atomic E-state index is 13.4. The van der Waals surface area contributed by atoms with Gasteiger partial charge in [-0.3, -0.25) is 14.5 Å². The number of carbonyl (C=O) groups is 2. The number of hydrogen-bond acceptors (Lipinski definition) is 4. The smallest absolute Gasteiger partial charge is 0.300 e. The van der Waals surface area contributed by atoms with Crippen molar-refractivity contribution >= 4 is 33.9 Å². The standard InChI is InChI=1S/C30H25NO4/c1-3-19-11-15-22(16-12-19)31-27(21-13-17-23(35-2)18-14-21)26(29(33)30(31)34)28(32)25-10-6-8-20-7-4-5-9-24(20)25/h4-18,27,32H,3H2,1-2H3/b28-26-. The minimum Gasteiger partial charge on any atom is -0.507 e. The summed E-state index contributed by atoms with van der Waals surface area (Å²) in [6.45, 7) is 2.06. The van der Waals surface area contributed by atoms with Crippen LogP contribution in [0.1, 0.15) is 29.7 Å². The molecule has 1 amide bonds. The number of fused-ring (bicyclic) bond motifs is 1. The van der Waals surface area contributed by atoms with Gasteiger partial charge in [-0.25, -0.2) is 0 Å². The quantitative estimate of drug-likeness (QED) is 0.223. The number of benzene rings is 4. The van der Waals surface area contributed by atoms with E-state index in [1.54, 1.807) is 25.3 Å². The van der Waals surface area contributed by atoms with Gasteiger partial charge in [0.2, 0.25) is 0 Å². The number of anilines is 1. The average molecular weight is 464 g/mol. The van der Waals surface area contributed by atoms with Gasteiger partial charge in [0.1, 0.15) is 11.5 Å². The molecule has 0 radical (unpaired) electrons. The van der Waals surface area contributed by atoms with Crippen LogP contribution < -0.4 is 9.64 Å². The van der Waals surface area contributed by atoms with Crippen molar-refractivity contribution < 1.29 is 19.4 Å². The Kier molecular flexibility index (Phi) is 5.83. The second-order valence-electron chi connectivity index (χ2n) is 8.49. The molecule has 35 heavy (non-hydrogen) atoms. The Bertz CT molecular complexity index is 1450. The molecule has 5 nitrogen and oxygen atoms in total. The second kappa shape index (κ2) is 9.11. The first kappa shape index (κ1) is 22.4. The van der Waals surface area contributed by atoms with Crippen molar-refractivity contribution in [1.82, 2.24) is 0 Å². The molecule has 4 aromatic carbocycles. The zero-order valence-corrected chi connectivity index (χ0v) is 19.6. The van der Waals surface area contributed by atoms with Gasteiger partial charge in [0, 0.05) is 11.3 Å². The van der Waals surface area contributed by atoms with E-state index in [1.165, 1.54) is 4.90 Å². The third-order valence-electron chi connectivity index (χ3n) is 6.54. The minimum absolute atomic E-state index is 0.0658. The highest BCUT2D eigenvalue weighted by Crippen LogP contribution is 2.43. The number of nitrogens with zero attached hydrogens (tertiary/aromatic N) is 1. The van der Waals surface area contributed by atoms with Crippen LogP contribution in [0.5, 0.6) is 5.75 Å². The van der Waals surface area contributed by atoms with Gasteiger partial charge in [-0.05, 0) is 52.6 Å². The molecule has 0 aromatic heterocycles. The molecule has 1 fully saturated rings. The van der Waals surface area contributed by atoms with Crippen molar-refractivity contribution in [2.24, 2.45) is 0 Å². The first-order chi connectivity index (χ1) is 17.0. The molecule has 174 valence electrons. The van der Waals surface area contributed by atoms with Gasteiger partial charge in [0.15, 0.2) is 0 Å². The maximum Gasteiger partial charge on any atom is 0.300 e. The Labute approximate surface area is 203 Å². The zero-order chi connectivity index (χ0) is 24.5. The Morgan fingerprint density at radius 3 is 2.26 bits per heavy atom. The van der Waals surface area contributed by atoms with Crippen LogP contribution in [-0.4, -0.2) is 23.9 Å². The molecular weight excluding hydrogens is 438 g/mol.